The molecule has 0 saturated heterocycles. The van der Waals surface area contributed by atoms with Crippen LogP contribution in [0.3, 0.4) is 0 Å². The Bertz CT molecular complexity index is 513. The Balaban J connectivity index is 1.72. The molecule has 2 rings (SSSR count). The number of aryl methyl sites for hydroxylation is 1. The Hall–Kier alpha value is -1.40. The van der Waals surface area contributed by atoms with Gasteiger partial charge >= 0.3 is 0 Å². The number of hydrogen-bond acceptors (Lipinski definition) is 5. The summed E-state index contributed by atoms with van der Waals surface area (Å²) in [5.74, 6) is 0.739. The number of aromatic nitrogens is 2. The predicted molar refractivity (Wildman–Crippen MR) is 75.1 cm³/mol. The highest BCUT2D eigenvalue weighted by molar-refractivity contribution is 7.99. The first-order valence-corrected chi connectivity index (χ1v) is 7.32. The molecule has 0 unspecified atom stereocenters. The van der Waals surface area contributed by atoms with Gasteiger partial charge in [-0.05, 0) is 19.1 Å². The van der Waals surface area contributed by atoms with E-state index in [4.69, 9.17) is 0 Å². The largest absolute Gasteiger partial charge is 0.301 e. The van der Waals surface area contributed by atoms with Crippen LogP contribution in [0.15, 0.2) is 35.2 Å². The molecule has 0 atom stereocenters. The molecule has 2 aromatic rings. The number of anilines is 1. The van der Waals surface area contributed by atoms with Crippen LogP contribution in [-0.4, -0.2) is 21.9 Å². The van der Waals surface area contributed by atoms with E-state index in [0.29, 0.717) is 11.6 Å². The fourth-order valence-electron chi connectivity index (χ4n) is 1.31. The first kappa shape index (κ1) is 13.0. The summed E-state index contributed by atoms with van der Waals surface area (Å²) in [4.78, 5) is 12.8. The van der Waals surface area contributed by atoms with Gasteiger partial charge in [-0.15, -0.1) is 22.0 Å². The van der Waals surface area contributed by atoms with Crippen molar-refractivity contribution in [3.63, 3.8) is 0 Å². The van der Waals surface area contributed by atoms with Crippen molar-refractivity contribution >= 4 is 34.1 Å². The number of rotatable bonds is 5. The van der Waals surface area contributed by atoms with E-state index >= 15 is 0 Å². The standard InChI is InChI=1S/C12H13N3OS2/c1-9-14-15-12(18-9)13-11(16)7-8-17-10-5-3-2-4-6-10/h2-6H,7-8H2,1H3,(H,13,15,16). The lowest BCUT2D eigenvalue weighted by Gasteiger charge is -2.01. The lowest BCUT2D eigenvalue weighted by atomic mass is 10.4. The summed E-state index contributed by atoms with van der Waals surface area (Å²) in [6.07, 6.45) is 0.470. The molecule has 0 aliphatic heterocycles. The van der Waals surface area contributed by atoms with Crippen LogP contribution in [0.2, 0.25) is 0 Å². The second kappa shape index (κ2) is 6.51. The first-order chi connectivity index (χ1) is 8.74. The minimum absolute atomic E-state index is 0.0189. The zero-order valence-electron chi connectivity index (χ0n) is 9.92. The minimum Gasteiger partial charge on any atom is -0.301 e. The van der Waals surface area contributed by atoms with Crippen LogP contribution < -0.4 is 5.32 Å². The van der Waals surface area contributed by atoms with Crippen molar-refractivity contribution in [2.24, 2.45) is 0 Å². The summed E-state index contributed by atoms with van der Waals surface area (Å²) in [5, 5.41) is 11.9. The maximum Gasteiger partial charge on any atom is 0.227 e. The molecule has 0 radical (unpaired) electrons. The zero-order valence-corrected chi connectivity index (χ0v) is 11.6. The molecule has 0 bridgehead atoms. The Morgan fingerprint density at radius 1 is 1.33 bits per heavy atom. The zero-order chi connectivity index (χ0) is 12.8. The average Bonchev–Trinajstić information content (AvgIpc) is 2.76. The SMILES string of the molecule is Cc1nnc(NC(=O)CCSc2ccccc2)s1. The van der Waals surface area contributed by atoms with Crippen molar-refractivity contribution in [1.82, 2.24) is 10.2 Å². The molecule has 0 spiro atoms. The summed E-state index contributed by atoms with van der Waals surface area (Å²) in [6.45, 7) is 1.86. The minimum atomic E-state index is -0.0189. The molecule has 94 valence electrons. The molecule has 4 nitrogen and oxygen atoms in total. The van der Waals surface area contributed by atoms with Gasteiger partial charge in [0, 0.05) is 17.1 Å². The molecule has 0 saturated carbocycles. The van der Waals surface area contributed by atoms with Gasteiger partial charge in [0.2, 0.25) is 11.0 Å². The quantitative estimate of drug-likeness (QED) is 0.855. The summed E-state index contributed by atoms with van der Waals surface area (Å²) in [7, 11) is 0. The monoisotopic (exact) mass is 279 g/mol. The van der Waals surface area contributed by atoms with Crippen LogP contribution in [0.1, 0.15) is 11.4 Å². The third-order valence-electron chi connectivity index (χ3n) is 2.11. The topological polar surface area (TPSA) is 54.9 Å². The van der Waals surface area contributed by atoms with Crippen molar-refractivity contribution in [1.29, 1.82) is 0 Å². The predicted octanol–water partition coefficient (Wildman–Crippen LogP) is 2.97. The molecule has 1 heterocycles. The van der Waals surface area contributed by atoms with E-state index < -0.39 is 0 Å². The van der Waals surface area contributed by atoms with Crippen molar-refractivity contribution < 1.29 is 4.79 Å². The van der Waals surface area contributed by atoms with Gasteiger partial charge in [-0.3, -0.25) is 4.79 Å². The Kier molecular flexibility index (Phi) is 4.72. The van der Waals surface area contributed by atoms with Crippen LogP contribution in [0, 0.1) is 6.92 Å². The number of carbonyl (C=O) groups is 1. The van der Waals surface area contributed by atoms with Gasteiger partial charge in [-0.2, -0.15) is 0 Å². The lowest BCUT2D eigenvalue weighted by Crippen LogP contribution is -2.11. The normalized spacial score (nSPS) is 10.3. The third kappa shape index (κ3) is 4.12. The highest BCUT2D eigenvalue weighted by Crippen LogP contribution is 2.18. The highest BCUT2D eigenvalue weighted by Gasteiger charge is 2.06. The molecule has 0 aliphatic rings. The van der Waals surface area contributed by atoms with E-state index in [1.54, 1.807) is 11.8 Å². The number of thioether (sulfide) groups is 1. The molecule has 1 N–H and O–H groups in total. The van der Waals surface area contributed by atoms with E-state index in [2.05, 4.69) is 15.5 Å². The number of carbonyl (C=O) groups excluding carboxylic acids is 1. The smallest absolute Gasteiger partial charge is 0.227 e. The van der Waals surface area contributed by atoms with E-state index in [0.717, 1.165) is 10.8 Å². The van der Waals surface area contributed by atoms with Gasteiger partial charge < -0.3 is 5.32 Å². The van der Waals surface area contributed by atoms with Crippen molar-refractivity contribution in [2.45, 2.75) is 18.2 Å². The molecule has 0 aliphatic carbocycles. The Labute approximate surface area is 114 Å². The van der Waals surface area contributed by atoms with Gasteiger partial charge in [0.15, 0.2) is 0 Å². The molecular formula is C12H13N3OS2. The van der Waals surface area contributed by atoms with Crippen LogP contribution in [-0.2, 0) is 4.79 Å². The highest BCUT2D eigenvalue weighted by atomic mass is 32.2. The molecular weight excluding hydrogens is 266 g/mol. The molecule has 1 amide bonds. The number of benzene rings is 1. The fourth-order valence-corrected chi connectivity index (χ4v) is 2.79. The summed E-state index contributed by atoms with van der Waals surface area (Å²) in [6, 6.07) is 10.0. The number of amides is 1. The van der Waals surface area contributed by atoms with Crippen LogP contribution >= 0.6 is 23.1 Å². The molecule has 1 aromatic heterocycles. The first-order valence-electron chi connectivity index (χ1n) is 5.52. The van der Waals surface area contributed by atoms with Gasteiger partial charge in [0.05, 0.1) is 0 Å². The summed E-state index contributed by atoms with van der Waals surface area (Å²) < 4.78 is 0. The maximum atomic E-state index is 11.6. The van der Waals surface area contributed by atoms with Crippen molar-refractivity contribution in [3.8, 4) is 0 Å². The Morgan fingerprint density at radius 2 is 2.11 bits per heavy atom. The molecule has 1 aromatic carbocycles. The Morgan fingerprint density at radius 3 is 2.78 bits per heavy atom. The van der Waals surface area contributed by atoms with Crippen LogP contribution in [0.25, 0.3) is 0 Å². The van der Waals surface area contributed by atoms with Crippen LogP contribution in [0.5, 0.6) is 0 Å². The molecule has 0 fully saturated rings. The van der Waals surface area contributed by atoms with E-state index in [9.17, 15) is 4.79 Å². The third-order valence-corrected chi connectivity index (χ3v) is 3.88. The van der Waals surface area contributed by atoms with Gasteiger partial charge in [-0.25, -0.2) is 0 Å². The van der Waals surface area contributed by atoms with Crippen LogP contribution in [0.4, 0.5) is 5.13 Å². The fraction of sp³-hybridized carbons (Fsp3) is 0.250. The summed E-state index contributed by atoms with van der Waals surface area (Å²) in [5.41, 5.74) is 0. The van der Waals surface area contributed by atoms with Gasteiger partial charge in [-0.1, -0.05) is 29.5 Å². The van der Waals surface area contributed by atoms with E-state index in [1.807, 2.05) is 37.3 Å². The lowest BCUT2D eigenvalue weighted by molar-refractivity contribution is -0.115. The molecule has 6 heteroatoms. The molecule has 18 heavy (non-hydrogen) atoms. The summed E-state index contributed by atoms with van der Waals surface area (Å²) >= 11 is 3.06. The van der Waals surface area contributed by atoms with Gasteiger partial charge in [0.25, 0.3) is 0 Å². The van der Waals surface area contributed by atoms with E-state index in [-0.39, 0.29) is 5.91 Å². The maximum absolute atomic E-state index is 11.6. The number of nitrogens with one attached hydrogen (secondary N) is 1. The number of hydrogen-bond donors (Lipinski definition) is 1. The van der Waals surface area contributed by atoms with Gasteiger partial charge in [0.1, 0.15) is 5.01 Å². The van der Waals surface area contributed by atoms with Crippen molar-refractivity contribution in [2.75, 3.05) is 11.1 Å². The van der Waals surface area contributed by atoms with E-state index in [1.165, 1.54) is 16.2 Å². The second-order valence-electron chi connectivity index (χ2n) is 3.59. The average molecular weight is 279 g/mol. The number of nitrogens with zero attached hydrogens (tertiary/aromatic N) is 2. The van der Waals surface area contributed by atoms with Crippen molar-refractivity contribution in [3.05, 3.63) is 35.3 Å². The second-order valence-corrected chi connectivity index (χ2v) is 5.94.